The minimum atomic E-state index is -0.481. The summed E-state index contributed by atoms with van der Waals surface area (Å²) in [4.78, 5) is 12.3. The van der Waals surface area contributed by atoms with Gasteiger partial charge in [0, 0.05) is 24.0 Å². The zero-order valence-corrected chi connectivity index (χ0v) is 21.1. The van der Waals surface area contributed by atoms with Gasteiger partial charge in [-0.1, -0.05) is 67.6 Å². The van der Waals surface area contributed by atoms with Crippen LogP contribution in [-0.4, -0.2) is 30.0 Å². The second kappa shape index (κ2) is 13.7. The van der Waals surface area contributed by atoms with E-state index in [1.165, 1.54) is 11.1 Å². The third-order valence-corrected chi connectivity index (χ3v) is 6.32. The highest BCUT2D eigenvalue weighted by Crippen LogP contribution is 2.22. The van der Waals surface area contributed by atoms with Crippen LogP contribution in [-0.2, 0) is 17.6 Å². The molecule has 0 aliphatic carbocycles. The van der Waals surface area contributed by atoms with E-state index in [2.05, 4.69) is 71.6 Å². The molecule has 176 valence electrons. The van der Waals surface area contributed by atoms with Crippen LogP contribution in [0.1, 0.15) is 58.1 Å². The maximum atomic E-state index is 12.3. The summed E-state index contributed by atoms with van der Waals surface area (Å²) in [6.45, 7) is 7.97. The van der Waals surface area contributed by atoms with Crippen molar-refractivity contribution in [2.24, 2.45) is 5.92 Å². The van der Waals surface area contributed by atoms with Gasteiger partial charge in [-0.25, -0.2) is 4.79 Å². The summed E-state index contributed by atoms with van der Waals surface area (Å²) in [6.07, 6.45) is 5.15. The van der Waals surface area contributed by atoms with Crippen LogP contribution in [0, 0.1) is 5.92 Å². The fourth-order valence-electron chi connectivity index (χ4n) is 3.80. The minimum Gasteiger partial charge on any atom is -0.451 e. The van der Waals surface area contributed by atoms with Crippen LogP contribution in [0.5, 0.6) is 0 Å². The van der Waals surface area contributed by atoms with E-state index in [0.717, 1.165) is 44.1 Å². The predicted octanol–water partition coefficient (Wildman–Crippen LogP) is 6.41. The van der Waals surface area contributed by atoms with Crippen molar-refractivity contribution in [3.05, 3.63) is 71.8 Å². The standard InChI is InChI=1S/C27H40N2O2S/c1-21(20-24(28-5)18-16-22-12-8-6-9-13-22)25(19-17-23-14-10-7-11-15-23)29-32-26(30)31-27(2,3)4/h6-15,21,24-25,28-29H,16-20H2,1-5H3. The Morgan fingerprint density at radius 3 is 1.97 bits per heavy atom. The minimum absolute atomic E-state index is 0.209. The molecule has 0 aromatic heterocycles. The van der Waals surface area contributed by atoms with Crippen LogP contribution >= 0.6 is 11.9 Å². The Morgan fingerprint density at radius 1 is 0.938 bits per heavy atom. The molecule has 0 saturated heterocycles. The van der Waals surface area contributed by atoms with E-state index in [-0.39, 0.29) is 11.3 Å². The summed E-state index contributed by atoms with van der Waals surface area (Å²) < 4.78 is 8.90. The topological polar surface area (TPSA) is 50.4 Å². The first-order valence-corrected chi connectivity index (χ1v) is 12.5. The second-order valence-corrected chi connectivity index (χ2v) is 10.3. The molecule has 32 heavy (non-hydrogen) atoms. The highest BCUT2D eigenvalue weighted by Gasteiger charge is 2.23. The Balaban J connectivity index is 1.95. The first kappa shape index (κ1) is 26.4. The van der Waals surface area contributed by atoms with Crippen molar-refractivity contribution in [2.75, 3.05) is 7.05 Å². The first-order chi connectivity index (χ1) is 15.3. The van der Waals surface area contributed by atoms with Crippen LogP contribution in [0.4, 0.5) is 4.79 Å². The molecule has 0 bridgehead atoms. The largest absolute Gasteiger partial charge is 0.451 e. The fraction of sp³-hybridized carbons (Fsp3) is 0.519. The lowest BCUT2D eigenvalue weighted by Crippen LogP contribution is -2.37. The lowest BCUT2D eigenvalue weighted by molar-refractivity contribution is 0.0736. The zero-order chi connectivity index (χ0) is 23.4. The summed E-state index contributed by atoms with van der Waals surface area (Å²) in [5, 5.41) is 3.23. The van der Waals surface area contributed by atoms with E-state index in [0.29, 0.717) is 12.0 Å². The van der Waals surface area contributed by atoms with E-state index >= 15 is 0 Å². The molecule has 2 aromatic rings. The molecule has 2 rings (SSSR count). The average molecular weight is 457 g/mol. The first-order valence-electron chi connectivity index (χ1n) is 11.7. The van der Waals surface area contributed by atoms with E-state index in [4.69, 9.17) is 4.74 Å². The summed E-state index contributed by atoms with van der Waals surface area (Å²) >= 11 is 1.09. The van der Waals surface area contributed by atoms with Crippen molar-refractivity contribution in [1.29, 1.82) is 0 Å². The molecule has 3 atom stereocenters. The lowest BCUT2D eigenvalue weighted by Gasteiger charge is -2.28. The Hall–Kier alpha value is -1.82. The molecule has 0 amide bonds. The summed E-state index contributed by atoms with van der Waals surface area (Å²) in [7, 11) is 2.05. The van der Waals surface area contributed by atoms with E-state index < -0.39 is 5.60 Å². The third kappa shape index (κ3) is 10.7. The van der Waals surface area contributed by atoms with E-state index in [1.807, 2.05) is 33.9 Å². The number of carbonyl (C=O) groups is 1. The quantitative estimate of drug-likeness (QED) is 0.286. The monoisotopic (exact) mass is 456 g/mol. The maximum Gasteiger partial charge on any atom is 0.383 e. The molecule has 0 aliphatic rings. The molecule has 3 unspecified atom stereocenters. The third-order valence-electron chi connectivity index (χ3n) is 5.65. The molecule has 0 radical (unpaired) electrons. The van der Waals surface area contributed by atoms with Gasteiger partial charge in [0.2, 0.25) is 0 Å². The lowest BCUT2D eigenvalue weighted by atomic mass is 9.89. The van der Waals surface area contributed by atoms with Crippen molar-refractivity contribution in [3.8, 4) is 0 Å². The molecule has 2 N–H and O–H groups in total. The Kier molecular flexibility index (Phi) is 11.3. The highest BCUT2D eigenvalue weighted by molar-refractivity contribution is 8.11. The van der Waals surface area contributed by atoms with Gasteiger partial charge >= 0.3 is 5.30 Å². The van der Waals surface area contributed by atoms with Gasteiger partial charge in [-0.3, -0.25) is 4.72 Å². The summed E-state index contributed by atoms with van der Waals surface area (Å²) in [6, 6.07) is 21.8. The van der Waals surface area contributed by atoms with Gasteiger partial charge in [0.05, 0.1) is 0 Å². The molecule has 0 aliphatic heterocycles. The number of nitrogens with one attached hydrogen (secondary N) is 2. The number of aryl methyl sites for hydroxylation is 2. The zero-order valence-electron chi connectivity index (χ0n) is 20.3. The van der Waals surface area contributed by atoms with Gasteiger partial charge in [-0.15, -0.1) is 0 Å². The second-order valence-electron chi connectivity index (χ2n) is 9.54. The molecular formula is C27H40N2O2S. The van der Waals surface area contributed by atoms with Crippen LogP contribution < -0.4 is 10.0 Å². The van der Waals surface area contributed by atoms with Gasteiger partial charge < -0.3 is 10.1 Å². The summed E-state index contributed by atoms with van der Waals surface area (Å²) in [5.74, 6) is 0.405. The fourth-order valence-corrected chi connectivity index (χ4v) is 4.69. The van der Waals surface area contributed by atoms with Crippen molar-refractivity contribution < 1.29 is 9.53 Å². The molecule has 2 aromatic carbocycles. The molecule has 5 heteroatoms. The molecule has 0 heterocycles. The van der Waals surface area contributed by atoms with Gasteiger partial charge in [0.25, 0.3) is 0 Å². The molecular weight excluding hydrogens is 416 g/mol. The Bertz CT molecular complexity index is 777. The van der Waals surface area contributed by atoms with Crippen molar-refractivity contribution in [2.45, 2.75) is 77.5 Å². The summed E-state index contributed by atoms with van der Waals surface area (Å²) in [5.41, 5.74) is 2.22. The van der Waals surface area contributed by atoms with Gasteiger partial charge in [-0.05, 0) is 77.0 Å². The normalized spacial score (nSPS) is 14.5. The smallest absolute Gasteiger partial charge is 0.383 e. The van der Waals surface area contributed by atoms with E-state index in [9.17, 15) is 4.79 Å². The predicted molar refractivity (Wildman–Crippen MR) is 137 cm³/mol. The SMILES string of the molecule is CNC(CCc1ccccc1)CC(C)C(CCc1ccccc1)NSC(=O)OC(C)(C)C. The Morgan fingerprint density at radius 2 is 1.47 bits per heavy atom. The van der Waals surface area contributed by atoms with Gasteiger partial charge in [0.15, 0.2) is 0 Å². The highest BCUT2D eigenvalue weighted by atomic mass is 32.2. The van der Waals surface area contributed by atoms with Crippen LogP contribution in [0.3, 0.4) is 0 Å². The number of hydrogen-bond donors (Lipinski definition) is 2. The van der Waals surface area contributed by atoms with Gasteiger partial charge in [-0.2, -0.15) is 0 Å². The number of benzene rings is 2. The molecule has 0 spiro atoms. The van der Waals surface area contributed by atoms with E-state index in [1.54, 1.807) is 0 Å². The molecule has 0 saturated carbocycles. The number of rotatable bonds is 12. The number of hydrogen-bond acceptors (Lipinski definition) is 5. The number of ether oxygens (including phenoxy) is 1. The van der Waals surface area contributed by atoms with Gasteiger partial charge in [0.1, 0.15) is 5.60 Å². The van der Waals surface area contributed by atoms with Crippen LogP contribution in [0.25, 0.3) is 0 Å². The molecule has 0 fully saturated rings. The Labute approximate surface area is 199 Å². The van der Waals surface area contributed by atoms with Crippen LogP contribution in [0.15, 0.2) is 60.7 Å². The van der Waals surface area contributed by atoms with Crippen molar-refractivity contribution in [3.63, 3.8) is 0 Å². The van der Waals surface area contributed by atoms with Crippen molar-refractivity contribution in [1.82, 2.24) is 10.0 Å². The molecule has 4 nitrogen and oxygen atoms in total. The van der Waals surface area contributed by atoms with Crippen LogP contribution in [0.2, 0.25) is 0 Å². The average Bonchev–Trinajstić information content (AvgIpc) is 2.76. The van der Waals surface area contributed by atoms with Crippen molar-refractivity contribution >= 4 is 17.2 Å². The number of carbonyl (C=O) groups excluding carboxylic acids is 1. The maximum absolute atomic E-state index is 12.3.